The molecule has 1 aromatic carbocycles. The molecule has 0 bridgehead atoms. The van der Waals surface area contributed by atoms with Crippen molar-refractivity contribution in [2.75, 3.05) is 6.26 Å². The van der Waals surface area contributed by atoms with Crippen molar-refractivity contribution in [1.29, 1.82) is 0 Å². The van der Waals surface area contributed by atoms with Crippen molar-refractivity contribution < 1.29 is 0 Å². The molecule has 6 heteroatoms. The number of benzene rings is 1. The van der Waals surface area contributed by atoms with E-state index in [1.165, 1.54) is 0 Å². The van der Waals surface area contributed by atoms with Gasteiger partial charge in [0, 0.05) is 11.4 Å². The third-order valence-corrected chi connectivity index (χ3v) is 4.69. The first-order valence-corrected chi connectivity index (χ1v) is 8.20. The van der Waals surface area contributed by atoms with Crippen LogP contribution in [-0.2, 0) is 5.88 Å². The lowest BCUT2D eigenvalue weighted by Gasteiger charge is -1.98. The van der Waals surface area contributed by atoms with Crippen molar-refractivity contribution >= 4 is 45.0 Å². The number of rotatable bonds is 3. The minimum absolute atomic E-state index is 0.509. The van der Waals surface area contributed by atoms with Gasteiger partial charge in [0.25, 0.3) is 0 Å². The van der Waals surface area contributed by atoms with Crippen molar-refractivity contribution in [1.82, 2.24) is 15.0 Å². The molecule has 0 fully saturated rings. The smallest absolute Gasteiger partial charge is 0.148 e. The van der Waals surface area contributed by atoms with Crippen LogP contribution >= 0.6 is 34.7 Å². The van der Waals surface area contributed by atoms with Crippen LogP contribution in [0.3, 0.4) is 0 Å². The number of aromatic nitrogens is 3. The van der Waals surface area contributed by atoms with Crippen LogP contribution in [0.1, 0.15) is 5.56 Å². The van der Waals surface area contributed by atoms with E-state index in [-0.39, 0.29) is 0 Å². The molecule has 0 spiro atoms. The Bertz CT molecular complexity index is 727. The van der Waals surface area contributed by atoms with E-state index in [1.807, 2.05) is 24.5 Å². The van der Waals surface area contributed by atoms with E-state index >= 15 is 0 Å². The summed E-state index contributed by atoms with van der Waals surface area (Å²) in [7, 11) is 0. The van der Waals surface area contributed by atoms with Crippen LogP contribution in [0, 0.1) is 0 Å². The molecule has 0 aliphatic heterocycles. The Balaban J connectivity index is 2.15. The fourth-order valence-electron chi connectivity index (χ4n) is 1.79. The maximum Gasteiger partial charge on any atom is 0.148 e. The Hall–Kier alpha value is -1.17. The monoisotopic (exact) mass is 307 g/mol. The molecule has 3 rings (SSSR count). The summed E-state index contributed by atoms with van der Waals surface area (Å²) in [5, 5.41) is 1.87. The summed E-state index contributed by atoms with van der Waals surface area (Å²) in [6.07, 6.45) is 3.58. The molecule has 2 heterocycles. The van der Waals surface area contributed by atoms with Crippen molar-refractivity contribution in [3.63, 3.8) is 0 Å². The molecule has 19 heavy (non-hydrogen) atoms. The predicted molar refractivity (Wildman–Crippen MR) is 82.0 cm³/mol. The van der Waals surface area contributed by atoms with Crippen LogP contribution in [0.5, 0.6) is 0 Å². The third-order valence-electron chi connectivity index (χ3n) is 2.68. The van der Waals surface area contributed by atoms with Crippen molar-refractivity contribution in [3.8, 4) is 10.6 Å². The normalized spacial score (nSPS) is 11.1. The zero-order valence-corrected chi connectivity index (χ0v) is 12.5. The first kappa shape index (κ1) is 12.8. The number of alkyl halides is 1. The molecular weight excluding hydrogens is 298 g/mol. The van der Waals surface area contributed by atoms with Gasteiger partial charge < -0.3 is 0 Å². The highest BCUT2D eigenvalue weighted by atomic mass is 35.5. The van der Waals surface area contributed by atoms with Crippen LogP contribution in [0.2, 0.25) is 0 Å². The number of nitrogens with zero attached hydrogens (tertiary/aromatic N) is 3. The topological polar surface area (TPSA) is 38.7 Å². The lowest BCUT2D eigenvalue weighted by atomic mass is 10.1. The highest BCUT2D eigenvalue weighted by Crippen LogP contribution is 2.32. The highest BCUT2D eigenvalue weighted by Gasteiger charge is 2.11. The molecule has 0 saturated heterocycles. The van der Waals surface area contributed by atoms with Gasteiger partial charge in [0.1, 0.15) is 26.7 Å². The molecule has 96 valence electrons. The van der Waals surface area contributed by atoms with Crippen molar-refractivity contribution in [2.45, 2.75) is 10.9 Å². The van der Waals surface area contributed by atoms with Gasteiger partial charge in [-0.05, 0) is 17.9 Å². The number of hydrogen-bond acceptors (Lipinski definition) is 5. The van der Waals surface area contributed by atoms with Gasteiger partial charge in [-0.1, -0.05) is 29.5 Å². The Morgan fingerprint density at radius 1 is 1.32 bits per heavy atom. The van der Waals surface area contributed by atoms with Crippen LogP contribution in [0.25, 0.3) is 20.9 Å². The molecule has 0 amide bonds. The highest BCUT2D eigenvalue weighted by molar-refractivity contribution is 7.98. The lowest BCUT2D eigenvalue weighted by molar-refractivity contribution is 1.09. The standard InChI is InChI=1S/C13H10ClN3S2/c1-18-12-10-13(16-7-15-12)19-11(17-10)9-4-2-3-8(5-9)6-14/h2-5,7H,6H2,1H3. The fraction of sp³-hybridized carbons (Fsp3) is 0.154. The Morgan fingerprint density at radius 3 is 3.00 bits per heavy atom. The minimum Gasteiger partial charge on any atom is -0.231 e. The van der Waals surface area contributed by atoms with E-state index in [4.69, 9.17) is 11.6 Å². The van der Waals surface area contributed by atoms with Gasteiger partial charge in [-0.3, -0.25) is 0 Å². The van der Waals surface area contributed by atoms with E-state index in [1.54, 1.807) is 29.4 Å². The first-order valence-electron chi connectivity index (χ1n) is 5.62. The van der Waals surface area contributed by atoms with Crippen molar-refractivity contribution in [2.24, 2.45) is 0 Å². The summed E-state index contributed by atoms with van der Waals surface area (Å²) in [5.74, 6) is 0.509. The number of thioether (sulfide) groups is 1. The van der Waals surface area contributed by atoms with Crippen LogP contribution < -0.4 is 0 Å². The maximum atomic E-state index is 5.87. The summed E-state index contributed by atoms with van der Waals surface area (Å²) in [5.41, 5.74) is 3.05. The van der Waals surface area contributed by atoms with Gasteiger partial charge in [-0.25, -0.2) is 15.0 Å². The number of fused-ring (bicyclic) bond motifs is 1. The van der Waals surface area contributed by atoms with Gasteiger partial charge in [0.05, 0.1) is 0 Å². The quantitative estimate of drug-likeness (QED) is 0.413. The zero-order valence-electron chi connectivity index (χ0n) is 10.1. The zero-order chi connectivity index (χ0) is 13.2. The summed E-state index contributed by atoms with van der Waals surface area (Å²) >= 11 is 9.04. The molecule has 3 aromatic rings. The summed E-state index contributed by atoms with van der Waals surface area (Å²) in [6.45, 7) is 0. The SMILES string of the molecule is CSc1ncnc2sc(-c3cccc(CCl)c3)nc12. The molecule has 2 aromatic heterocycles. The third kappa shape index (κ3) is 2.45. The van der Waals surface area contributed by atoms with Crippen LogP contribution in [0.4, 0.5) is 0 Å². The van der Waals surface area contributed by atoms with Gasteiger partial charge in [0.15, 0.2) is 0 Å². The summed E-state index contributed by atoms with van der Waals surface area (Å²) in [4.78, 5) is 14.1. The molecule has 0 atom stereocenters. The summed E-state index contributed by atoms with van der Waals surface area (Å²) in [6, 6.07) is 8.12. The van der Waals surface area contributed by atoms with E-state index in [2.05, 4.69) is 21.0 Å². The van der Waals surface area contributed by atoms with Gasteiger partial charge in [-0.15, -0.1) is 23.4 Å². The second-order valence-electron chi connectivity index (χ2n) is 3.89. The summed E-state index contributed by atoms with van der Waals surface area (Å²) < 4.78 is 0. The number of halogens is 1. The van der Waals surface area contributed by atoms with E-state index in [9.17, 15) is 0 Å². The number of thiazole rings is 1. The van der Waals surface area contributed by atoms with Crippen LogP contribution in [-0.4, -0.2) is 21.2 Å². The number of hydrogen-bond donors (Lipinski definition) is 0. The van der Waals surface area contributed by atoms with Crippen molar-refractivity contribution in [3.05, 3.63) is 36.2 Å². The second-order valence-corrected chi connectivity index (χ2v) is 5.93. The molecule has 0 saturated carbocycles. The fourth-order valence-corrected chi connectivity index (χ4v) is 3.42. The minimum atomic E-state index is 0.509. The molecule has 3 nitrogen and oxygen atoms in total. The Labute approximate surface area is 124 Å². The van der Waals surface area contributed by atoms with Gasteiger partial charge in [-0.2, -0.15) is 0 Å². The molecule has 0 aliphatic carbocycles. The van der Waals surface area contributed by atoms with E-state index < -0.39 is 0 Å². The molecular formula is C13H10ClN3S2. The second kappa shape index (κ2) is 5.45. The van der Waals surface area contributed by atoms with Gasteiger partial charge >= 0.3 is 0 Å². The molecule has 0 unspecified atom stereocenters. The predicted octanol–water partition coefficient (Wildman–Crippen LogP) is 4.21. The molecule has 0 aliphatic rings. The average molecular weight is 308 g/mol. The Kier molecular flexibility index (Phi) is 3.68. The van der Waals surface area contributed by atoms with E-state index in [0.717, 1.165) is 31.5 Å². The largest absolute Gasteiger partial charge is 0.231 e. The molecule has 0 radical (unpaired) electrons. The first-order chi connectivity index (χ1) is 9.31. The van der Waals surface area contributed by atoms with Crippen LogP contribution in [0.15, 0.2) is 35.6 Å². The van der Waals surface area contributed by atoms with E-state index in [0.29, 0.717) is 5.88 Å². The van der Waals surface area contributed by atoms with Gasteiger partial charge in [0.2, 0.25) is 0 Å². The lowest BCUT2D eigenvalue weighted by Crippen LogP contribution is -1.84. The Morgan fingerprint density at radius 2 is 2.21 bits per heavy atom. The average Bonchev–Trinajstić information content (AvgIpc) is 2.91. The molecule has 0 N–H and O–H groups in total. The maximum absolute atomic E-state index is 5.87.